The van der Waals surface area contributed by atoms with Crippen molar-refractivity contribution in [2.45, 2.75) is 24.9 Å². The SMILES string of the molecule is O=C(NCCCC(F)(F)F)C(c1ccccc1)c1ccccc1. The third-order valence-electron chi connectivity index (χ3n) is 3.46. The fourth-order valence-corrected chi connectivity index (χ4v) is 2.39. The van der Waals surface area contributed by atoms with Gasteiger partial charge in [0.25, 0.3) is 0 Å². The minimum Gasteiger partial charge on any atom is -0.355 e. The number of carbonyl (C=O) groups is 1. The van der Waals surface area contributed by atoms with Gasteiger partial charge in [-0.2, -0.15) is 13.2 Å². The monoisotopic (exact) mass is 321 g/mol. The molecule has 2 nitrogen and oxygen atoms in total. The van der Waals surface area contributed by atoms with Gasteiger partial charge < -0.3 is 5.32 Å². The lowest BCUT2D eigenvalue weighted by atomic mass is 9.90. The van der Waals surface area contributed by atoms with Crippen molar-refractivity contribution in [2.24, 2.45) is 0 Å². The van der Waals surface area contributed by atoms with E-state index in [2.05, 4.69) is 5.32 Å². The molecule has 2 aromatic carbocycles. The molecule has 0 heterocycles. The number of hydrogen-bond donors (Lipinski definition) is 1. The summed E-state index contributed by atoms with van der Waals surface area (Å²) in [7, 11) is 0. The van der Waals surface area contributed by atoms with Crippen LogP contribution in [0.2, 0.25) is 0 Å². The molecule has 0 aliphatic carbocycles. The molecule has 2 aromatic rings. The minimum atomic E-state index is -4.19. The predicted molar refractivity (Wildman–Crippen MR) is 83.0 cm³/mol. The number of alkyl halides is 3. The van der Waals surface area contributed by atoms with E-state index in [1.807, 2.05) is 60.7 Å². The molecule has 122 valence electrons. The zero-order chi connectivity index (χ0) is 16.7. The average molecular weight is 321 g/mol. The summed E-state index contributed by atoms with van der Waals surface area (Å²) in [5.41, 5.74) is 1.62. The molecule has 0 spiro atoms. The van der Waals surface area contributed by atoms with E-state index < -0.39 is 18.5 Å². The average Bonchev–Trinajstić information content (AvgIpc) is 2.53. The Hall–Kier alpha value is -2.30. The molecule has 1 amide bonds. The molecule has 0 aliphatic rings. The third-order valence-corrected chi connectivity index (χ3v) is 3.46. The zero-order valence-electron chi connectivity index (χ0n) is 12.5. The Morgan fingerprint density at radius 2 is 1.39 bits per heavy atom. The highest BCUT2D eigenvalue weighted by molar-refractivity contribution is 5.87. The zero-order valence-corrected chi connectivity index (χ0v) is 12.5. The van der Waals surface area contributed by atoms with Gasteiger partial charge in [-0.1, -0.05) is 60.7 Å². The van der Waals surface area contributed by atoms with Crippen LogP contribution in [0.3, 0.4) is 0 Å². The second-order valence-corrected chi connectivity index (χ2v) is 5.26. The van der Waals surface area contributed by atoms with Crippen LogP contribution in [0.4, 0.5) is 13.2 Å². The lowest BCUT2D eigenvalue weighted by molar-refractivity contribution is -0.136. The van der Waals surface area contributed by atoms with E-state index >= 15 is 0 Å². The predicted octanol–water partition coefficient (Wildman–Crippen LogP) is 4.28. The maximum Gasteiger partial charge on any atom is 0.389 e. The molecule has 0 saturated heterocycles. The van der Waals surface area contributed by atoms with Crippen molar-refractivity contribution in [1.82, 2.24) is 5.32 Å². The summed E-state index contributed by atoms with van der Waals surface area (Å²) in [4.78, 5) is 12.5. The summed E-state index contributed by atoms with van der Waals surface area (Å²) < 4.78 is 36.5. The van der Waals surface area contributed by atoms with Crippen LogP contribution in [0.5, 0.6) is 0 Å². The van der Waals surface area contributed by atoms with Gasteiger partial charge in [0.2, 0.25) is 5.91 Å². The van der Waals surface area contributed by atoms with Gasteiger partial charge in [0.1, 0.15) is 0 Å². The molecule has 0 aliphatic heterocycles. The number of carbonyl (C=O) groups excluding carboxylic acids is 1. The molecule has 23 heavy (non-hydrogen) atoms. The van der Waals surface area contributed by atoms with Gasteiger partial charge in [0, 0.05) is 13.0 Å². The first-order chi connectivity index (χ1) is 11.0. The molecule has 0 unspecified atom stereocenters. The van der Waals surface area contributed by atoms with Crippen molar-refractivity contribution in [3.8, 4) is 0 Å². The van der Waals surface area contributed by atoms with E-state index in [0.29, 0.717) is 0 Å². The fraction of sp³-hybridized carbons (Fsp3) is 0.278. The van der Waals surface area contributed by atoms with E-state index in [-0.39, 0.29) is 18.9 Å². The Morgan fingerprint density at radius 1 is 0.913 bits per heavy atom. The first-order valence-corrected chi connectivity index (χ1v) is 7.42. The molecule has 5 heteroatoms. The van der Waals surface area contributed by atoms with Crippen LogP contribution in [-0.2, 0) is 4.79 Å². The quantitative estimate of drug-likeness (QED) is 0.791. The third kappa shape index (κ3) is 5.43. The second-order valence-electron chi connectivity index (χ2n) is 5.26. The fourth-order valence-electron chi connectivity index (χ4n) is 2.39. The highest BCUT2D eigenvalue weighted by atomic mass is 19.4. The van der Waals surface area contributed by atoms with Gasteiger partial charge in [-0.3, -0.25) is 4.79 Å². The van der Waals surface area contributed by atoms with E-state index in [0.717, 1.165) is 11.1 Å². The van der Waals surface area contributed by atoms with Crippen LogP contribution >= 0.6 is 0 Å². The van der Waals surface area contributed by atoms with Gasteiger partial charge in [-0.15, -0.1) is 0 Å². The minimum absolute atomic E-state index is 0.00844. The highest BCUT2D eigenvalue weighted by Crippen LogP contribution is 2.25. The summed E-state index contributed by atoms with van der Waals surface area (Å²) in [6.07, 6.45) is -5.21. The van der Waals surface area contributed by atoms with Crippen molar-refractivity contribution < 1.29 is 18.0 Å². The normalized spacial score (nSPS) is 11.5. The van der Waals surface area contributed by atoms with Crippen LogP contribution < -0.4 is 5.32 Å². The lowest BCUT2D eigenvalue weighted by Crippen LogP contribution is -2.31. The van der Waals surface area contributed by atoms with Crippen molar-refractivity contribution >= 4 is 5.91 Å². The second kappa shape index (κ2) is 7.81. The van der Waals surface area contributed by atoms with Gasteiger partial charge in [0.15, 0.2) is 0 Å². The molecular weight excluding hydrogens is 303 g/mol. The molecule has 1 N–H and O–H groups in total. The molecule has 0 atom stereocenters. The number of amides is 1. The van der Waals surface area contributed by atoms with Crippen LogP contribution in [-0.4, -0.2) is 18.6 Å². The van der Waals surface area contributed by atoms with Crippen molar-refractivity contribution in [3.05, 3.63) is 71.8 Å². The Balaban J connectivity index is 2.07. The van der Waals surface area contributed by atoms with Crippen molar-refractivity contribution in [3.63, 3.8) is 0 Å². The Labute approximate surface area is 133 Å². The van der Waals surface area contributed by atoms with Crippen molar-refractivity contribution in [1.29, 1.82) is 0 Å². The van der Waals surface area contributed by atoms with E-state index in [9.17, 15) is 18.0 Å². The summed E-state index contributed by atoms with van der Waals surface area (Å²) in [6, 6.07) is 18.4. The maximum absolute atomic E-state index is 12.5. The maximum atomic E-state index is 12.5. The topological polar surface area (TPSA) is 29.1 Å². The molecule has 0 fully saturated rings. The standard InChI is InChI=1S/C18H18F3NO/c19-18(20,21)12-7-13-22-17(23)16(14-8-3-1-4-9-14)15-10-5-2-6-11-15/h1-6,8-11,16H,7,12-13H2,(H,22,23). The van der Waals surface area contributed by atoms with Gasteiger partial charge in [-0.25, -0.2) is 0 Å². The van der Waals surface area contributed by atoms with E-state index in [4.69, 9.17) is 0 Å². The first-order valence-electron chi connectivity index (χ1n) is 7.42. The summed E-state index contributed by atoms with van der Waals surface area (Å²) in [5, 5.41) is 2.61. The van der Waals surface area contributed by atoms with Crippen LogP contribution in [0.25, 0.3) is 0 Å². The molecule has 0 saturated carbocycles. The van der Waals surface area contributed by atoms with E-state index in [1.165, 1.54) is 0 Å². The smallest absolute Gasteiger partial charge is 0.355 e. The van der Waals surface area contributed by atoms with Crippen LogP contribution in [0.1, 0.15) is 29.9 Å². The Bertz CT molecular complexity index is 572. The number of hydrogen-bond acceptors (Lipinski definition) is 1. The number of halogens is 3. The van der Waals surface area contributed by atoms with Gasteiger partial charge >= 0.3 is 6.18 Å². The Kier molecular flexibility index (Phi) is 5.79. The number of nitrogens with one attached hydrogen (secondary N) is 1. The Morgan fingerprint density at radius 3 is 1.83 bits per heavy atom. The number of benzene rings is 2. The molecule has 0 aromatic heterocycles. The van der Waals surface area contributed by atoms with Crippen LogP contribution in [0, 0.1) is 0 Å². The van der Waals surface area contributed by atoms with Gasteiger partial charge in [-0.05, 0) is 17.5 Å². The lowest BCUT2D eigenvalue weighted by Gasteiger charge is -2.18. The summed E-state index contributed by atoms with van der Waals surface area (Å²) in [6.45, 7) is 0.00844. The molecule has 0 bridgehead atoms. The highest BCUT2D eigenvalue weighted by Gasteiger charge is 2.27. The number of rotatable bonds is 6. The molecular formula is C18H18F3NO. The van der Waals surface area contributed by atoms with Crippen molar-refractivity contribution in [2.75, 3.05) is 6.54 Å². The molecule has 0 radical (unpaired) electrons. The van der Waals surface area contributed by atoms with Crippen LogP contribution in [0.15, 0.2) is 60.7 Å². The largest absolute Gasteiger partial charge is 0.389 e. The summed E-state index contributed by atoms with van der Waals surface area (Å²) >= 11 is 0. The van der Waals surface area contributed by atoms with Gasteiger partial charge in [0.05, 0.1) is 5.92 Å². The summed E-state index contributed by atoms with van der Waals surface area (Å²) in [5.74, 6) is -0.812. The first kappa shape index (κ1) is 17.1. The molecule has 2 rings (SSSR count). The van der Waals surface area contributed by atoms with E-state index in [1.54, 1.807) is 0 Å².